The molecule has 0 spiro atoms. The summed E-state index contributed by atoms with van der Waals surface area (Å²) in [5.74, 6) is 0. The van der Waals surface area contributed by atoms with Gasteiger partial charge < -0.3 is 10.4 Å². The highest BCUT2D eigenvalue weighted by molar-refractivity contribution is 5.65. The lowest BCUT2D eigenvalue weighted by atomic mass is 10.0. The van der Waals surface area contributed by atoms with Crippen molar-refractivity contribution in [3.63, 3.8) is 0 Å². The minimum Gasteiger partial charge on any atom is -0.741 e. The lowest BCUT2D eigenvalue weighted by molar-refractivity contribution is 0.576. The molecule has 1 aromatic carbocycles. The van der Waals surface area contributed by atoms with E-state index in [1.807, 2.05) is 24.3 Å². The van der Waals surface area contributed by atoms with Crippen LogP contribution < -0.4 is 5.17 Å². The number of fused-ring (bicyclic) bond motifs is 3. The average Bonchev–Trinajstić information content (AvgIpc) is 2.67. The third-order valence-electron chi connectivity index (χ3n) is 2.34. The number of benzene rings is 1. The first-order valence-corrected chi connectivity index (χ1v) is 4.30. The monoisotopic (exact) mass is 187 g/mol. The van der Waals surface area contributed by atoms with E-state index in [4.69, 9.17) is 0 Å². The minimum atomic E-state index is 0.326. The molecular formula is C9H7N4O-. The molecule has 0 N–H and O–H groups in total. The Hall–Kier alpha value is -1.88. The predicted molar refractivity (Wildman–Crippen MR) is 50.7 cm³/mol. The van der Waals surface area contributed by atoms with Gasteiger partial charge in [0.1, 0.15) is 5.69 Å². The van der Waals surface area contributed by atoms with E-state index < -0.39 is 0 Å². The predicted octanol–water partition coefficient (Wildman–Crippen LogP) is 0.894. The third kappa shape index (κ3) is 0.869. The molecule has 2 aromatic rings. The lowest BCUT2D eigenvalue weighted by Gasteiger charge is -2.35. The summed E-state index contributed by atoms with van der Waals surface area (Å²) >= 11 is 0. The molecule has 0 aliphatic carbocycles. The van der Waals surface area contributed by atoms with Crippen molar-refractivity contribution >= 4 is 0 Å². The maximum Gasteiger partial charge on any atom is 0.112 e. The van der Waals surface area contributed by atoms with Crippen LogP contribution in [0.1, 0.15) is 5.56 Å². The summed E-state index contributed by atoms with van der Waals surface area (Å²) in [7, 11) is 0. The first-order valence-electron chi connectivity index (χ1n) is 4.30. The highest BCUT2D eigenvalue weighted by Crippen LogP contribution is 2.27. The Bertz CT molecular complexity index is 479. The molecule has 0 amide bonds. The van der Waals surface area contributed by atoms with E-state index in [2.05, 4.69) is 10.3 Å². The van der Waals surface area contributed by atoms with Gasteiger partial charge in [0.15, 0.2) is 0 Å². The summed E-state index contributed by atoms with van der Waals surface area (Å²) in [6.07, 6.45) is 1.60. The second kappa shape index (κ2) is 2.55. The molecule has 70 valence electrons. The van der Waals surface area contributed by atoms with Gasteiger partial charge in [0.2, 0.25) is 0 Å². The SMILES string of the molecule is [O-]N1Cc2ccccc2-c2cnnn21. The van der Waals surface area contributed by atoms with E-state index in [1.165, 1.54) is 4.79 Å². The number of hydrogen-bond donors (Lipinski definition) is 0. The second-order valence-electron chi connectivity index (χ2n) is 3.18. The summed E-state index contributed by atoms with van der Waals surface area (Å²) in [6, 6.07) is 7.77. The van der Waals surface area contributed by atoms with Gasteiger partial charge in [-0.25, -0.2) is 0 Å². The van der Waals surface area contributed by atoms with Crippen molar-refractivity contribution in [3.8, 4) is 11.3 Å². The average molecular weight is 187 g/mol. The van der Waals surface area contributed by atoms with Gasteiger partial charge >= 0.3 is 0 Å². The van der Waals surface area contributed by atoms with Crippen molar-refractivity contribution in [2.75, 3.05) is 5.17 Å². The van der Waals surface area contributed by atoms with Crippen LogP contribution in [-0.2, 0) is 6.54 Å². The van der Waals surface area contributed by atoms with E-state index in [0.717, 1.165) is 22.0 Å². The number of nitrogens with zero attached hydrogens (tertiary/aromatic N) is 4. The molecule has 0 fully saturated rings. The van der Waals surface area contributed by atoms with Crippen molar-refractivity contribution in [2.24, 2.45) is 0 Å². The number of hydroxylamine groups is 1. The van der Waals surface area contributed by atoms with E-state index >= 15 is 0 Å². The zero-order chi connectivity index (χ0) is 9.54. The van der Waals surface area contributed by atoms with Crippen LogP contribution >= 0.6 is 0 Å². The van der Waals surface area contributed by atoms with Crippen LogP contribution in [0.2, 0.25) is 0 Å². The van der Waals surface area contributed by atoms with E-state index in [-0.39, 0.29) is 0 Å². The van der Waals surface area contributed by atoms with Gasteiger partial charge in [-0.05, 0) is 10.8 Å². The maximum atomic E-state index is 11.5. The summed E-state index contributed by atoms with van der Waals surface area (Å²) < 4.78 is 0. The molecule has 5 nitrogen and oxygen atoms in total. The van der Waals surface area contributed by atoms with Crippen LogP contribution in [0.25, 0.3) is 11.3 Å². The van der Waals surface area contributed by atoms with Gasteiger partial charge in [-0.1, -0.05) is 24.3 Å². The topological polar surface area (TPSA) is 57.0 Å². The molecule has 0 unspecified atom stereocenters. The number of aromatic nitrogens is 3. The van der Waals surface area contributed by atoms with Crippen LogP contribution in [0.5, 0.6) is 0 Å². The van der Waals surface area contributed by atoms with Crippen LogP contribution in [0.15, 0.2) is 30.5 Å². The third-order valence-corrected chi connectivity index (χ3v) is 2.34. The number of hydrogen-bond acceptors (Lipinski definition) is 4. The Balaban J connectivity index is 2.29. The molecule has 5 heteroatoms. The number of rotatable bonds is 0. The molecule has 0 saturated carbocycles. The van der Waals surface area contributed by atoms with Gasteiger partial charge in [0.05, 0.1) is 6.20 Å². The van der Waals surface area contributed by atoms with Crippen molar-refractivity contribution in [3.05, 3.63) is 41.2 Å². The van der Waals surface area contributed by atoms with Crippen molar-refractivity contribution in [1.82, 2.24) is 15.1 Å². The van der Waals surface area contributed by atoms with Crippen molar-refractivity contribution in [2.45, 2.75) is 6.54 Å². The summed E-state index contributed by atoms with van der Waals surface area (Å²) in [4.78, 5) is 1.28. The van der Waals surface area contributed by atoms with E-state index in [0.29, 0.717) is 6.54 Å². The Morgan fingerprint density at radius 3 is 3.07 bits per heavy atom. The first-order chi connectivity index (χ1) is 6.86. The minimum absolute atomic E-state index is 0.326. The molecule has 1 aliphatic heterocycles. The summed E-state index contributed by atoms with van der Waals surface area (Å²) in [5, 5.41) is 19.7. The standard InChI is InChI=1S/C9H7N4O/c14-12-6-7-3-1-2-4-8(7)9-5-10-11-13(9)12/h1-5H,6H2/q-1. The van der Waals surface area contributed by atoms with Gasteiger partial charge in [-0.2, -0.15) is 4.79 Å². The fourth-order valence-corrected chi connectivity index (χ4v) is 1.69. The smallest absolute Gasteiger partial charge is 0.112 e. The molecule has 1 aliphatic rings. The Morgan fingerprint density at radius 1 is 1.29 bits per heavy atom. The zero-order valence-electron chi connectivity index (χ0n) is 7.29. The Kier molecular flexibility index (Phi) is 1.37. The fourth-order valence-electron chi connectivity index (χ4n) is 1.69. The van der Waals surface area contributed by atoms with Crippen molar-refractivity contribution < 1.29 is 0 Å². The molecule has 2 heterocycles. The molecule has 0 saturated heterocycles. The Labute approximate surface area is 80.1 Å². The van der Waals surface area contributed by atoms with Gasteiger partial charge in [-0.3, -0.25) is 0 Å². The van der Waals surface area contributed by atoms with Crippen LogP contribution in [-0.4, -0.2) is 15.1 Å². The van der Waals surface area contributed by atoms with Gasteiger partial charge in [0, 0.05) is 12.1 Å². The summed E-state index contributed by atoms with van der Waals surface area (Å²) in [6.45, 7) is 0.326. The summed E-state index contributed by atoms with van der Waals surface area (Å²) in [5.41, 5.74) is 2.80. The highest BCUT2D eigenvalue weighted by Gasteiger charge is 2.17. The quantitative estimate of drug-likeness (QED) is 0.614. The maximum absolute atomic E-state index is 11.5. The van der Waals surface area contributed by atoms with Gasteiger partial charge in [0.25, 0.3) is 0 Å². The molecule has 1 aromatic heterocycles. The fraction of sp³-hybridized carbons (Fsp3) is 0.111. The normalized spacial score (nSPS) is 13.6. The highest BCUT2D eigenvalue weighted by atomic mass is 16.5. The molecule has 14 heavy (non-hydrogen) atoms. The van der Waals surface area contributed by atoms with Crippen LogP contribution in [0, 0.1) is 5.21 Å². The van der Waals surface area contributed by atoms with Crippen LogP contribution in [0.3, 0.4) is 0 Å². The lowest BCUT2D eigenvalue weighted by Crippen LogP contribution is -2.32. The second-order valence-corrected chi connectivity index (χ2v) is 3.18. The molecule has 0 atom stereocenters. The first kappa shape index (κ1) is 7.52. The van der Waals surface area contributed by atoms with E-state index in [1.54, 1.807) is 6.20 Å². The van der Waals surface area contributed by atoms with Crippen molar-refractivity contribution in [1.29, 1.82) is 0 Å². The Morgan fingerprint density at radius 2 is 2.14 bits per heavy atom. The zero-order valence-corrected chi connectivity index (χ0v) is 7.29. The molecule has 0 radical (unpaired) electrons. The van der Waals surface area contributed by atoms with Gasteiger partial charge in [-0.15, -0.1) is 5.10 Å². The van der Waals surface area contributed by atoms with E-state index in [9.17, 15) is 5.21 Å². The molecular weight excluding hydrogens is 180 g/mol. The molecule has 0 bridgehead atoms. The van der Waals surface area contributed by atoms with Crippen LogP contribution in [0.4, 0.5) is 0 Å². The largest absolute Gasteiger partial charge is 0.741 e. The molecule has 3 rings (SSSR count).